The van der Waals surface area contributed by atoms with Crippen LogP contribution in [0, 0.1) is 0 Å². The van der Waals surface area contributed by atoms with E-state index in [4.69, 9.17) is 0 Å². The molecule has 1 fully saturated rings. The molecule has 0 aromatic heterocycles. The lowest BCUT2D eigenvalue weighted by molar-refractivity contribution is -0.120. The first-order valence-electron chi connectivity index (χ1n) is 6.45. The third-order valence-corrected chi connectivity index (χ3v) is 3.49. The van der Waals surface area contributed by atoms with Crippen LogP contribution in [0.2, 0.25) is 0 Å². The SMILES string of the molecule is C[C@H]1CNCCN1CC(=O)N(C)c1ccccc1.Cl. The Labute approximate surface area is 121 Å². The highest BCUT2D eigenvalue weighted by Gasteiger charge is 2.22. The standard InChI is InChI=1S/C14H21N3O.ClH/c1-12-10-15-8-9-17(12)11-14(18)16(2)13-6-4-3-5-7-13;/h3-7,12,15H,8-11H2,1-2H3;1H/t12-;/m0./s1. The Morgan fingerprint density at radius 3 is 2.74 bits per heavy atom. The van der Waals surface area contributed by atoms with Gasteiger partial charge >= 0.3 is 0 Å². The van der Waals surface area contributed by atoms with Crippen LogP contribution in [0.5, 0.6) is 0 Å². The molecule has 0 radical (unpaired) electrons. The van der Waals surface area contributed by atoms with Crippen LogP contribution in [0.4, 0.5) is 5.69 Å². The van der Waals surface area contributed by atoms with Gasteiger partial charge in [-0.2, -0.15) is 0 Å². The van der Waals surface area contributed by atoms with Gasteiger partial charge in [0, 0.05) is 38.4 Å². The molecule has 0 aliphatic carbocycles. The largest absolute Gasteiger partial charge is 0.314 e. The van der Waals surface area contributed by atoms with E-state index < -0.39 is 0 Å². The monoisotopic (exact) mass is 283 g/mol. The highest BCUT2D eigenvalue weighted by molar-refractivity contribution is 5.94. The van der Waals surface area contributed by atoms with Crippen molar-refractivity contribution in [1.82, 2.24) is 10.2 Å². The van der Waals surface area contributed by atoms with Gasteiger partial charge in [0.25, 0.3) is 0 Å². The highest BCUT2D eigenvalue weighted by atomic mass is 35.5. The van der Waals surface area contributed by atoms with Gasteiger partial charge in [-0.1, -0.05) is 18.2 Å². The van der Waals surface area contributed by atoms with Crippen LogP contribution in [-0.4, -0.2) is 50.1 Å². The van der Waals surface area contributed by atoms with E-state index in [0.29, 0.717) is 12.6 Å². The number of likely N-dealkylation sites (N-methyl/N-ethyl adjacent to an activating group) is 1. The summed E-state index contributed by atoms with van der Waals surface area (Å²) in [5.41, 5.74) is 0.949. The maximum Gasteiger partial charge on any atom is 0.240 e. The second kappa shape index (κ2) is 7.48. The lowest BCUT2D eigenvalue weighted by Crippen LogP contribution is -2.52. The third kappa shape index (κ3) is 4.20. The summed E-state index contributed by atoms with van der Waals surface area (Å²) in [6.45, 7) is 5.51. The molecule has 0 saturated carbocycles. The van der Waals surface area contributed by atoms with Crippen molar-refractivity contribution in [2.75, 3.05) is 38.1 Å². The topological polar surface area (TPSA) is 35.6 Å². The molecule has 1 aromatic carbocycles. The second-order valence-electron chi connectivity index (χ2n) is 4.81. The number of para-hydroxylation sites is 1. The van der Waals surface area contributed by atoms with Crippen LogP contribution in [0.15, 0.2) is 30.3 Å². The fourth-order valence-electron chi connectivity index (χ4n) is 2.19. The highest BCUT2D eigenvalue weighted by Crippen LogP contribution is 2.12. The lowest BCUT2D eigenvalue weighted by atomic mass is 10.2. The van der Waals surface area contributed by atoms with Gasteiger partial charge in [0.15, 0.2) is 0 Å². The number of nitrogens with one attached hydrogen (secondary N) is 1. The first kappa shape index (κ1) is 16.0. The molecule has 4 nitrogen and oxygen atoms in total. The van der Waals surface area contributed by atoms with E-state index in [1.165, 1.54) is 0 Å². The van der Waals surface area contributed by atoms with Crippen molar-refractivity contribution in [1.29, 1.82) is 0 Å². The Morgan fingerprint density at radius 1 is 1.42 bits per heavy atom. The summed E-state index contributed by atoms with van der Waals surface area (Å²) in [5.74, 6) is 0.148. The molecule has 2 rings (SSSR count). The molecule has 1 aromatic rings. The number of halogens is 1. The van der Waals surface area contributed by atoms with Crippen LogP contribution in [0.1, 0.15) is 6.92 Å². The van der Waals surface area contributed by atoms with E-state index in [1.807, 2.05) is 37.4 Å². The zero-order valence-corrected chi connectivity index (χ0v) is 12.3. The molecule has 106 valence electrons. The number of anilines is 1. The molecule has 1 N–H and O–H groups in total. The quantitative estimate of drug-likeness (QED) is 0.910. The number of nitrogens with zero attached hydrogens (tertiary/aromatic N) is 2. The smallest absolute Gasteiger partial charge is 0.240 e. The van der Waals surface area contributed by atoms with E-state index in [1.54, 1.807) is 4.90 Å². The van der Waals surface area contributed by atoms with Gasteiger partial charge < -0.3 is 10.2 Å². The molecule has 19 heavy (non-hydrogen) atoms. The average molecular weight is 284 g/mol. The maximum absolute atomic E-state index is 12.2. The van der Waals surface area contributed by atoms with Gasteiger partial charge in [0.2, 0.25) is 5.91 Å². The summed E-state index contributed by atoms with van der Waals surface area (Å²) in [7, 11) is 1.84. The Balaban J connectivity index is 0.00000180. The van der Waals surface area contributed by atoms with Crippen LogP contribution >= 0.6 is 12.4 Å². The van der Waals surface area contributed by atoms with E-state index in [-0.39, 0.29) is 18.3 Å². The average Bonchev–Trinajstić information content (AvgIpc) is 2.41. The molecule has 5 heteroatoms. The van der Waals surface area contributed by atoms with Crippen LogP contribution in [0.3, 0.4) is 0 Å². The summed E-state index contributed by atoms with van der Waals surface area (Å²) in [4.78, 5) is 16.2. The minimum absolute atomic E-state index is 0. The predicted molar refractivity (Wildman–Crippen MR) is 81.0 cm³/mol. The van der Waals surface area contributed by atoms with Gasteiger partial charge in [-0.15, -0.1) is 12.4 Å². The van der Waals surface area contributed by atoms with E-state index in [0.717, 1.165) is 25.3 Å². The zero-order valence-electron chi connectivity index (χ0n) is 11.5. The fraction of sp³-hybridized carbons (Fsp3) is 0.500. The van der Waals surface area contributed by atoms with Crippen molar-refractivity contribution in [3.8, 4) is 0 Å². The molecular weight excluding hydrogens is 262 g/mol. The minimum atomic E-state index is 0. The summed E-state index contributed by atoms with van der Waals surface area (Å²) in [6, 6.07) is 10.2. The van der Waals surface area contributed by atoms with Gasteiger partial charge in [-0.05, 0) is 19.1 Å². The zero-order chi connectivity index (χ0) is 13.0. The number of carbonyl (C=O) groups excluding carboxylic acids is 1. The third-order valence-electron chi connectivity index (χ3n) is 3.49. The number of piperazine rings is 1. The first-order valence-corrected chi connectivity index (χ1v) is 6.45. The molecule has 1 atom stereocenters. The molecule has 1 aliphatic heterocycles. The van der Waals surface area contributed by atoms with Gasteiger partial charge in [0.1, 0.15) is 0 Å². The number of hydrogen-bond acceptors (Lipinski definition) is 3. The second-order valence-corrected chi connectivity index (χ2v) is 4.81. The summed E-state index contributed by atoms with van der Waals surface area (Å²) in [5, 5.41) is 3.33. The number of benzene rings is 1. The normalized spacial score (nSPS) is 19.6. The molecule has 0 bridgehead atoms. The molecular formula is C14H22ClN3O. The number of carbonyl (C=O) groups is 1. The maximum atomic E-state index is 12.2. The van der Waals surface area contributed by atoms with Crippen molar-refractivity contribution >= 4 is 24.0 Å². The van der Waals surface area contributed by atoms with Crippen molar-refractivity contribution in [2.24, 2.45) is 0 Å². The van der Waals surface area contributed by atoms with Crippen LogP contribution in [0.25, 0.3) is 0 Å². The number of amides is 1. The molecule has 0 spiro atoms. The predicted octanol–water partition coefficient (Wildman–Crippen LogP) is 1.36. The number of hydrogen-bond donors (Lipinski definition) is 1. The Kier molecular flexibility index (Phi) is 6.28. The molecule has 1 aliphatic rings. The Morgan fingerprint density at radius 2 is 2.11 bits per heavy atom. The summed E-state index contributed by atoms with van der Waals surface area (Å²) < 4.78 is 0. The van der Waals surface area contributed by atoms with Crippen molar-refractivity contribution < 1.29 is 4.79 Å². The minimum Gasteiger partial charge on any atom is -0.314 e. The van der Waals surface area contributed by atoms with Gasteiger partial charge in [-0.3, -0.25) is 9.69 Å². The first-order chi connectivity index (χ1) is 8.68. The van der Waals surface area contributed by atoms with E-state index in [2.05, 4.69) is 17.1 Å². The summed E-state index contributed by atoms with van der Waals surface area (Å²) >= 11 is 0. The molecule has 0 unspecified atom stereocenters. The molecule has 1 saturated heterocycles. The Bertz CT molecular complexity index is 399. The lowest BCUT2D eigenvalue weighted by Gasteiger charge is -2.34. The van der Waals surface area contributed by atoms with Crippen molar-refractivity contribution in [2.45, 2.75) is 13.0 Å². The number of rotatable bonds is 3. The van der Waals surface area contributed by atoms with Crippen molar-refractivity contribution in [3.05, 3.63) is 30.3 Å². The van der Waals surface area contributed by atoms with Crippen molar-refractivity contribution in [3.63, 3.8) is 0 Å². The van der Waals surface area contributed by atoms with Crippen LogP contribution in [-0.2, 0) is 4.79 Å². The summed E-state index contributed by atoms with van der Waals surface area (Å²) in [6.07, 6.45) is 0. The van der Waals surface area contributed by atoms with Gasteiger partial charge in [0.05, 0.1) is 6.54 Å². The van der Waals surface area contributed by atoms with Gasteiger partial charge in [-0.25, -0.2) is 0 Å². The molecule has 1 heterocycles. The molecule has 1 amide bonds. The van der Waals surface area contributed by atoms with E-state index >= 15 is 0 Å². The van der Waals surface area contributed by atoms with E-state index in [9.17, 15) is 4.79 Å². The fourth-order valence-corrected chi connectivity index (χ4v) is 2.19. The Hall–Kier alpha value is -1.10. The van der Waals surface area contributed by atoms with Crippen LogP contribution < -0.4 is 10.2 Å².